The quantitative estimate of drug-likeness (QED) is 0.246. The summed E-state index contributed by atoms with van der Waals surface area (Å²) < 4.78 is 1.09. The van der Waals surface area contributed by atoms with Gasteiger partial charge in [-0.1, -0.05) is 23.9 Å². The summed E-state index contributed by atoms with van der Waals surface area (Å²) in [5, 5.41) is 21.0. The normalized spacial score (nSPS) is 10.2. The number of hydrazine groups is 1. The molecule has 1 aromatic heterocycles. The summed E-state index contributed by atoms with van der Waals surface area (Å²) in [7, 11) is 0. The standard InChI is InChI=1S/C10H12N8O3S/c11-14-9-15-16-10(17(9)12)22-5-8(19)13-6-3-1-2-4-7(6)18(20)21/h1-4H,5,11-12H2,(H,13,19)(H,14,15). The minimum absolute atomic E-state index is 0.0496. The summed E-state index contributed by atoms with van der Waals surface area (Å²) in [6.45, 7) is 0. The summed E-state index contributed by atoms with van der Waals surface area (Å²) in [4.78, 5) is 22.1. The Labute approximate surface area is 128 Å². The number of hydrogen-bond acceptors (Lipinski definition) is 9. The van der Waals surface area contributed by atoms with Gasteiger partial charge in [0.2, 0.25) is 11.1 Å². The molecule has 0 bridgehead atoms. The van der Waals surface area contributed by atoms with E-state index in [1.54, 1.807) is 6.07 Å². The molecule has 0 radical (unpaired) electrons. The van der Waals surface area contributed by atoms with Crippen LogP contribution in [-0.4, -0.2) is 31.5 Å². The van der Waals surface area contributed by atoms with Gasteiger partial charge < -0.3 is 11.2 Å². The van der Waals surface area contributed by atoms with Crippen LogP contribution in [0, 0.1) is 10.1 Å². The number of thioether (sulfide) groups is 1. The number of anilines is 2. The Balaban J connectivity index is 1.99. The molecular weight excluding hydrogens is 312 g/mol. The molecule has 0 fully saturated rings. The second-order valence-corrected chi connectivity index (χ2v) is 4.87. The molecule has 11 nitrogen and oxygen atoms in total. The Bertz CT molecular complexity index is 703. The van der Waals surface area contributed by atoms with Crippen molar-refractivity contribution in [3.63, 3.8) is 0 Å². The Morgan fingerprint density at radius 2 is 2.14 bits per heavy atom. The molecule has 2 rings (SSSR count). The van der Waals surface area contributed by atoms with E-state index in [1.165, 1.54) is 18.2 Å². The summed E-state index contributed by atoms with van der Waals surface area (Å²) in [5.41, 5.74) is 2.18. The number of nitro groups is 1. The first kappa shape index (κ1) is 15.5. The second kappa shape index (κ2) is 6.73. The van der Waals surface area contributed by atoms with Crippen LogP contribution in [0.25, 0.3) is 0 Å². The molecule has 0 aliphatic rings. The number of benzene rings is 1. The predicted octanol–water partition coefficient (Wildman–Crippen LogP) is -0.0835. The second-order valence-electron chi connectivity index (χ2n) is 3.93. The number of carbonyl (C=O) groups is 1. The fraction of sp³-hybridized carbons (Fsp3) is 0.100. The summed E-state index contributed by atoms with van der Waals surface area (Å²) in [6.07, 6.45) is 0. The lowest BCUT2D eigenvalue weighted by Crippen LogP contribution is -2.19. The molecule has 22 heavy (non-hydrogen) atoms. The zero-order chi connectivity index (χ0) is 16.1. The van der Waals surface area contributed by atoms with E-state index in [-0.39, 0.29) is 28.2 Å². The molecule has 0 aliphatic heterocycles. The minimum atomic E-state index is -0.571. The number of aromatic nitrogens is 3. The molecule has 0 saturated carbocycles. The van der Waals surface area contributed by atoms with Crippen LogP contribution in [0.1, 0.15) is 0 Å². The number of amides is 1. The van der Waals surface area contributed by atoms with Crippen molar-refractivity contribution in [2.24, 2.45) is 5.84 Å². The lowest BCUT2D eigenvalue weighted by Gasteiger charge is -2.05. The van der Waals surface area contributed by atoms with Crippen LogP contribution in [0.5, 0.6) is 0 Å². The van der Waals surface area contributed by atoms with E-state index in [0.717, 1.165) is 16.4 Å². The fourth-order valence-corrected chi connectivity index (χ4v) is 2.19. The zero-order valence-corrected chi connectivity index (χ0v) is 11.9. The van der Waals surface area contributed by atoms with Gasteiger partial charge in [0.1, 0.15) is 5.69 Å². The lowest BCUT2D eigenvalue weighted by molar-refractivity contribution is -0.383. The van der Waals surface area contributed by atoms with Crippen molar-refractivity contribution in [2.75, 3.05) is 22.3 Å². The van der Waals surface area contributed by atoms with Crippen molar-refractivity contribution >= 4 is 35.0 Å². The van der Waals surface area contributed by atoms with Gasteiger partial charge in [0.25, 0.3) is 11.6 Å². The highest BCUT2D eigenvalue weighted by molar-refractivity contribution is 7.99. The van der Waals surface area contributed by atoms with Gasteiger partial charge in [-0.05, 0) is 6.07 Å². The van der Waals surface area contributed by atoms with Crippen LogP contribution in [0.3, 0.4) is 0 Å². The Morgan fingerprint density at radius 1 is 1.41 bits per heavy atom. The van der Waals surface area contributed by atoms with Gasteiger partial charge >= 0.3 is 0 Å². The fourth-order valence-electron chi connectivity index (χ4n) is 1.53. The monoisotopic (exact) mass is 324 g/mol. The van der Waals surface area contributed by atoms with Gasteiger partial charge in [-0.2, -0.15) is 0 Å². The van der Waals surface area contributed by atoms with Gasteiger partial charge in [0.15, 0.2) is 0 Å². The number of hydrogen-bond donors (Lipinski definition) is 4. The number of carbonyl (C=O) groups excluding carboxylic acids is 1. The number of para-hydroxylation sites is 2. The average Bonchev–Trinajstić information content (AvgIpc) is 2.85. The predicted molar refractivity (Wildman–Crippen MR) is 80.4 cm³/mol. The van der Waals surface area contributed by atoms with Crippen LogP contribution in [0.4, 0.5) is 17.3 Å². The maximum Gasteiger partial charge on any atom is 0.292 e. The van der Waals surface area contributed by atoms with Crippen LogP contribution >= 0.6 is 11.8 Å². The zero-order valence-electron chi connectivity index (χ0n) is 11.1. The highest BCUT2D eigenvalue weighted by atomic mass is 32.2. The van der Waals surface area contributed by atoms with Crippen molar-refractivity contribution in [1.82, 2.24) is 14.9 Å². The van der Waals surface area contributed by atoms with E-state index in [9.17, 15) is 14.9 Å². The van der Waals surface area contributed by atoms with Crippen molar-refractivity contribution in [3.05, 3.63) is 34.4 Å². The first-order chi connectivity index (χ1) is 10.5. The molecule has 0 spiro atoms. The van der Waals surface area contributed by atoms with Gasteiger partial charge in [0.05, 0.1) is 10.7 Å². The van der Waals surface area contributed by atoms with Crippen LogP contribution < -0.4 is 22.4 Å². The van der Waals surface area contributed by atoms with Crippen LogP contribution in [-0.2, 0) is 4.79 Å². The molecule has 0 atom stereocenters. The summed E-state index contributed by atoms with van der Waals surface area (Å²) in [6, 6.07) is 5.85. The third kappa shape index (κ3) is 3.42. The van der Waals surface area contributed by atoms with Gasteiger partial charge in [-0.15, -0.1) is 10.2 Å². The Hall–Kier alpha value is -2.86. The van der Waals surface area contributed by atoms with E-state index < -0.39 is 10.8 Å². The molecule has 12 heteroatoms. The molecule has 6 N–H and O–H groups in total. The van der Waals surface area contributed by atoms with Crippen LogP contribution in [0.15, 0.2) is 29.4 Å². The van der Waals surface area contributed by atoms with E-state index in [0.29, 0.717) is 0 Å². The summed E-state index contributed by atoms with van der Waals surface area (Å²) in [5.74, 6) is 10.4. The molecule has 1 heterocycles. The molecular formula is C10H12N8O3S. The third-order valence-corrected chi connectivity index (χ3v) is 3.44. The maximum atomic E-state index is 11.9. The topological polar surface area (TPSA) is 167 Å². The smallest absolute Gasteiger partial charge is 0.292 e. The van der Waals surface area contributed by atoms with E-state index in [2.05, 4.69) is 20.9 Å². The Kier molecular flexibility index (Phi) is 4.75. The van der Waals surface area contributed by atoms with E-state index in [1.807, 2.05) is 0 Å². The first-order valence-electron chi connectivity index (χ1n) is 5.86. The third-order valence-electron chi connectivity index (χ3n) is 2.50. The minimum Gasteiger partial charge on any atom is -0.334 e. The van der Waals surface area contributed by atoms with Crippen LogP contribution in [0.2, 0.25) is 0 Å². The molecule has 1 aromatic carbocycles. The van der Waals surface area contributed by atoms with Crippen molar-refractivity contribution in [2.45, 2.75) is 5.16 Å². The lowest BCUT2D eigenvalue weighted by atomic mass is 10.2. The van der Waals surface area contributed by atoms with Crippen molar-refractivity contribution in [1.29, 1.82) is 0 Å². The molecule has 0 unspecified atom stereocenters. The Morgan fingerprint density at radius 3 is 2.77 bits per heavy atom. The first-order valence-corrected chi connectivity index (χ1v) is 6.84. The number of nitrogens with one attached hydrogen (secondary N) is 2. The molecule has 2 aromatic rings. The van der Waals surface area contributed by atoms with E-state index >= 15 is 0 Å². The maximum absolute atomic E-state index is 11.9. The molecule has 116 valence electrons. The van der Waals surface area contributed by atoms with E-state index in [4.69, 9.17) is 11.7 Å². The number of rotatable bonds is 6. The largest absolute Gasteiger partial charge is 0.334 e. The highest BCUT2D eigenvalue weighted by Gasteiger charge is 2.16. The average molecular weight is 324 g/mol. The van der Waals surface area contributed by atoms with Crippen molar-refractivity contribution in [3.8, 4) is 0 Å². The molecule has 1 amide bonds. The van der Waals surface area contributed by atoms with Gasteiger partial charge in [-0.25, -0.2) is 10.5 Å². The number of nitro benzene ring substituents is 1. The van der Waals surface area contributed by atoms with Crippen molar-refractivity contribution < 1.29 is 9.72 Å². The number of nitrogens with zero attached hydrogens (tertiary/aromatic N) is 4. The van der Waals surface area contributed by atoms with Gasteiger partial charge in [-0.3, -0.25) is 20.3 Å². The molecule has 0 aliphatic carbocycles. The number of nitrogen functional groups attached to an aromatic ring is 2. The number of nitrogens with two attached hydrogens (primary N) is 2. The SMILES string of the molecule is NNc1nnc(SCC(=O)Nc2ccccc2[N+](=O)[O-])n1N. The molecule has 0 saturated heterocycles. The van der Waals surface area contributed by atoms with Gasteiger partial charge in [0, 0.05) is 6.07 Å². The highest BCUT2D eigenvalue weighted by Crippen LogP contribution is 2.24. The summed E-state index contributed by atoms with van der Waals surface area (Å²) >= 11 is 1.01.